The molecule has 3 aromatic rings. The SMILES string of the molecule is CCCOc1cc2cc(-c3c(C)nc(NCC4CC4)nc3N[C@@H]3C[C@H](CO)[C@@H](O)[C@H]3O)oc2c(C)n1.Cl. The van der Waals surface area contributed by atoms with E-state index in [0.717, 1.165) is 24.0 Å². The van der Waals surface area contributed by atoms with Crippen LogP contribution in [0.1, 0.15) is 44.0 Å². The lowest BCUT2D eigenvalue weighted by atomic mass is 10.1. The summed E-state index contributed by atoms with van der Waals surface area (Å²) in [6, 6.07) is 3.30. The number of aliphatic hydroxyl groups is 3. The number of ether oxygens (including phenoxy) is 1. The van der Waals surface area contributed by atoms with E-state index in [-0.39, 0.29) is 19.0 Å². The average molecular weight is 534 g/mol. The average Bonchev–Trinajstić information content (AvgIpc) is 3.53. The van der Waals surface area contributed by atoms with E-state index < -0.39 is 24.2 Å². The molecule has 3 aromatic heterocycles. The van der Waals surface area contributed by atoms with Crippen LogP contribution in [0.5, 0.6) is 5.88 Å². The Hall–Kier alpha value is -2.66. The van der Waals surface area contributed by atoms with E-state index in [1.807, 2.05) is 32.9 Å². The largest absolute Gasteiger partial charge is 0.478 e. The third kappa shape index (κ3) is 5.77. The van der Waals surface area contributed by atoms with Crippen LogP contribution in [0.2, 0.25) is 0 Å². The molecule has 0 bridgehead atoms. The molecule has 0 amide bonds. The smallest absolute Gasteiger partial charge is 0.224 e. The Balaban J connectivity index is 0.00000320. The fourth-order valence-corrected chi connectivity index (χ4v) is 4.81. The number of fused-ring (bicyclic) bond motifs is 1. The molecule has 5 N–H and O–H groups in total. The third-order valence-electron chi connectivity index (χ3n) is 7.04. The minimum absolute atomic E-state index is 0. The molecule has 0 radical (unpaired) electrons. The van der Waals surface area contributed by atoms with E-state index in [2.05, 4.69) is 20.6 Å². The molecule has 37 heavy (non-hydrogen) atoms. The van der Waals surface area contributed by atoms with Crippen molar-refractivity contribution in [2.45, 2.75) is 64.7 Å². The fraction of sp³-hybridized carbons (Fsp3) is 0.577. The van der Waals surface area contributed by atoms with Crippen molar-refractivity contribution in [2.24, 2.45) is 11.8 Å². The van der Waals surface area contributed by atoms with Crippen LogP contribution in [0.3, 0.4) is 0 Å². The van der Waals surface area contributed by atoms with Crippen molar-refractivity contribution < 1.29 is 24.5 Å². The van der Waals surface area contributed by atoms with E-state index in [4.69, 9.17) is 14.1 Å². The fourth-order valence-electron chi connectivity index (χ4n) is 4.81. The van der Waals surface area contributed by atoms with E-state index in [1.54, 1.807) is 0 Å². The predicted octanol–water partition coefficient (Wildman–Crippen LogP) is 3.45. The first-order valence-corrected chi connectivity index (χ1v) is 12.8. The van der Waals surface area contributed by atoms with Crippen molar-refractivity contribution in [2.75, 3.05) is 30.4 Å². The molecular formula is C26H36ClN5O5. The lowest BCUT2D eigenvalue weighted by Crippen LogP contribution is -2.35. The second-order valence-corrected chi connectivity index (χ2v) is 10.0. The second kappa shape index (κ2) is 11.4. The first-order valence-electron chi connectivity index (χ1n) is 12.8. The van der Waals surface area contributed by atoms with Gasteiger partial charge in [0, 0.05) is 30.5 Å². The third-order valence-corrected chi connectivity index (χ3v) is 7.04. The molecule has 2 aliphatic carbocycles. The van der Waals surface area contributed by atoms with Gasteiger partial charge in [0.15, 0.2) is 5.58 Å². The van der Waals surface area contributed by atoms with Crippen LogP contribution in [-0.2, 0) is 0 Å². The summed E-state index contributed by atoms with van der Waals surface area (Å²) >= 11 is 0. The van der Waals surface area contributed by atoms with Crippen LogP contribution in [0.25, 0.3) is 22.3 Å². The molecule has 0 unspecified atom stereocenters. The predicted molar refractivity (Wildman–Crippen MR) is 143 cm³/mol. The molecule has 2 fully saturated rings. The number of nitrogens with zero attached hydrogens (tertiary/aromatic N) is 3. The summed E-state index contributed by atoms with van der Waals surface area (Å²) in [5.41, 5.74) is 2.77. The number of aliphatic hydroxyl groups excluding tert-OH is 3. The van der Waals surface area contributed by atoms with E-state index in [0.29, 0.717) is 59.2 Å². The van der Waals surface area contributed by atoms with Crippen molar-refractivity contribution in [3.05, 3.63) is 23.5 Å². The highest BCUT2D eigenvalue weighted by atomic mass is 35.5. The normalized spacial score (nSPS) is 23.2. The molecule has 3 heterocycles. The van der Waals surface area contributed by atoms with Gasteiger partial charge in [-0.1, -0.05) is 6.92 Å². The van der Waals surface area contributed by atoms with Gasteiger partial charge in [-0.25, -0.2) is 9.97 Å². The number of hydrogen-bond donors (Lipinski definition) is 5. The van der Waals surface area contributed by atoms with Crippen LogP contribution in [-0.4, -0.2) is 68.3 Å². The molecule has 2 saturated carbocycles. The molecule has 2 aliphatic rings. The standard InChI is InChI=1S/C26H35N5O5.ClH/c1-4-7-35-20-10-16-9-19(36-24(16)14(3)28-20)21-13(2)29-26(27-11-15-5-6-15)31-25(21)30-18-8-17(12-32)22(33)23(18)34;/h9-10,15,17-18,22-23,32-34H,4-8,11-12H2,1-3H3,(H2,27,29,30,31);1H/t17-,18-,22-,23+;/m1./s1. The van der Waals surface area contributed by atoms with Gasteiger partial charge in [-0.05, 0) is 51.5 Å². The summed E-state index contributed by atoms with van der Waals surface area (Å²) in [5, 5.41) is 38.1. The number of furan rings is 1. The van der Waals surface area contributed by atoms with E-state index in [1.165, 1.54) is 12.8 Å². The summed E-state index contributed by atoms with van der Waals surface area (Å²) in [5.74, 6) is 2.38. The molecule has 4 atom stereocenters. The monoisotopic (exact) mass is 533 g/mol. The van der Waals surface area contributed by atoms with Gasteiger partial charge in [-0.3, -0.25) is 0 Å². The van der Waals surface area contributed by atoms with Crippen molar-refractivity contribution in [1.82, 2.24) is 15.0 Å². The van der Waals surface area contributed by atoms with Crippen LogP contribution >= 0.6 is 12.4 Å². The number of aromatic nitrogens is 3. The number of aryl methyl sites for hydroxylation is 2. The minimum atomic E-state index is -1.03. The number of pyridine rings is 1. The molecule has 10 nitrogen and oxygen atoms in total. The Bertz CT molecular complexity index is 1230. The number of hydrogen-bond acceptors (Lipinski definition) is 10. The van der Waals surface area contributed by atoms with Gasteiger partial charge in [0.1, 0.15) is 17.7 Å². The molecule has 0 spiro atoms. The van der Waals surface area contributed by atoms with Crippen molar-refractivity contribution in [1.29, 1.82) is 0 Å². The topological polar surface area (TPSA) is 146 Å². The number of rotatable bonds is 10. The minimum Gasteiger partial charge on any atom is -0.478 e. The van der Waals surface area contributed by atoms with Gasteiger partial charge >= 0.3 is 0 Å². The van der Waals surface area contributed by atoms with E-state index >= 15 is 0 Å². The van der Waals surface area contributed by atoms with Gasteiger partial charge < -0.3 is 35.1 Å². The maximum Gasteiger partial charge on any atom is 0.224 e. The lowest BCUT2D eigenvalue weighted by Gasteiger charge is -2.21. The Labute approximate surface area is 222 Å². The van der Waals surface area contributed by atoms with Crippen LogP contribution < -0.4 is 15.4 Å². The maximum absolute atomic E-state index is 10.6. The van der Waals surface area contributed by atoms with Crippen LogP contribution in [0.4, 0.5) is 11.8 Å². The molecule has 202 valence electrons. The highest BCUT2D eigenvalue weighted by Gasteiger charge is 2.41. The quantitative estimate of drug-likeness (QED) is 0.262. The van der Waals surface area contributed by atoms with Gasteiger partial charge in [0.05, 0.1) is 35.7 Å². The molecule has 11 heteroatoms. The second-order valence-electron chi connectivity index (χ2n) is 10.0. The highest BCUT2D eigenvalue weighted by molar-refractivity contribution is 5.88. The summed E-state index contributed by atoms with van der Waals surface area (Å²) in [6.45, 7) is 7.03. The maximum atomic E-state index is 10.6. The number of halogens is 1. The highest BCUT2D eigenvalue weighted by Crippen LogP contribution is 2.38. The molecule has 0 saturated heterocycles. The van der Waals surface area contributed by atoms with Gasteiger partial charge in [0.25, 0.3) is 0 Å². The van der Waals surface area contributed by atoms with Crippen LogP contribution in [0, 0.1) is 25.7 Å². The van der Waals surface area contributed by atoms with Gasteiger partial charge in [-0.2, -0.15) is 4.98 Å². The van der Waals surface area contributed by atoms with Crippen LogP contribution in [0.15, 0.2) is 16.5 Å². The molecule has 0 aliphatic heterocycles. The zero-order chi connectivity index (χ0) is 25.4. The number of nitrogens with one attached hydrogen (secondary N) is 2. The van der Waals surface area contributed by atoms with E-state index in [9.17, 15) is 15.3 Å². The van der Waals surface area contributed by atoms with Crippen molar-refractivity contribution >= 4 is 35.1 Å². The summed E-state index contributed by atoms with van der Waals surface area (Å²) < 4.78 is 12.0. The first kappa shape index (κ1) is 27.4. The zero-order valence-electron chi connectivity index (χ0n) is 21.4. The Morgan fingerprint density at radius 2 is 1.86 bits per heavy atom. The van der Waals surface area contributed by atoms with Crippen molar-refractivity contribution in [3.63, 3.8) is 0 Å². The Kier molecular flexibility index (Phi) is 8.42. The summed E-state index contributed by atoms with van der Waals surface area (Å²) in [4.78, 5) is 13.9. The summed E-state index contributed by atoms with van der Waals surface area (Å²) in [7, 11) is 0. The van der Waals surface area contributed by atoms with Gasteiger partial charge in [0.2, 0.25) is 11.8 Å². The first-order chi connectivity index (χ1) is 17.4. The lowest BCUT2D eigenvalue weighted by molar-refractivity contribution is 0.00446. The van der Waals surface area contributed by atoms with Crippen molar-refractivity contribution in [3.8, 4) is 17.2 Å². The molecule has 5 rings (SSSR count). The van der Waals surface area contributed by atoms with Gasteiger partial charge in [-0.15, -0.1) is 12.4 Å². The zero-order valence-corrected chi connectivity index (χ0v) is 22.2. The number of anilines is 2. The Morgan fingerprint density at radius 3 is 2.54 bits per heavy atom. The summed E-state index contributed by atoms with van der Waals surface area (Å²) in [6.07, 6.45) is 1.68. The molecular weight excluding hydrogens is 498 g/mol. The molecule has 0 aromatic carbocycles. The Morgan fingerprint density at radius 1 is 1.08 bits per heavy atom.